The van der Waals surface area contributed by atoms with Crippen LogP contribution >= 0.6 is 0 Å². The van der Waals surface area contributed by atoms with E-state index in [1.54, 1.807) is 24.3 Å². The highest BCUT2D eigenvalue weighted by Crippen LogP contribution is 2.34. The van der Waals surface area contributed by atoms with Crippen molar-refractivity contribution in [3.05, 3.63) is 48.0 Å². The minimum absolute atomic E-state index is 0.0328. The Morgan fingerprint density at radius 1 is 1.07 bits per heavy atom. The third-order valence-corrected chi connectivity index (χ3v) is 4.39. The number of esters is 1. The highest BCUT2D eigenvalue weighted by molar-refractivity contribution is 5.82. The maximum absolute atomic E-state index is 12.2. The highest BCUT2D eigenvalue weighted by atomic mass is 16.7. The lowest BCUT2D eigenvalue weighted by molar-refractivity contribution is -0.157. The van der Waals surface area contributed by atoms with Crippen LogP contribution in [0.4, 0.5) is 0 Å². The van der Waals surface area contributed by atoms with Crippen LogP contribution in [-0.4, -0.2) is 38.0 Å². The zero-order chi connectivity index (χ0) is 19.5. The third-order valence-electron chi connectivity index (χ3n) is 4.39. The number of carbonyl (C=O) groups excluding carboxylic acids is 2. The molecule has 0 bridgehead atoms. The van der Waals surface area contributed by atoms with E-state index in [2.05, 4.69) is 5.32 Å². The maximum atomic E-state index is 12.2. The minimum atomic E-state index is -0.908. The molecule has 4 rings (SSSR count). The molecule has 28 heavy (non-hydrogen) atoms. The summed E-state index contributed by atoms with van der Waals surface area (Å²) in [7, 11) is 0. The van der Waals surface area contributed by atoms with E-state index in [0.717, 1.165) is 5.56 Å². The van der Waals surface area contributed by atoms with Crippen LogP contribution in [0.2, 0.25) is 0 Å². The highest BCUT2D eigenvalue weighted by Gasteiger charge is 2.29. The summed E-state index contributed by atoms with van der Waals surface area (Å²) in [5.41, 5.74) is 0.851. The Labute approximate surface area is 161 Å². The molecule has 0 saturated carbocycles. The van der Waals surface area contributed by atoms with E-state index in [-0.39, 0.29) is 19.4 Å². The average molecular weight is 385 g/mol. The van der Waals surface area contributed by atoms with Gasteiger partial charge in [0, 0.05) is 0 Å². The van der Waals surface area contributed by atoms with Crippen molar-refractivity contribution in [2.24, 2.45) is 0 Å². The summed E-state index contributed by atoms with van der Waals surface area (Å²) < 4.78 is 26.7. The van der Waals surface area contributed by atoms with Crippen LogP contribution in [0.1, 0.15) is 18.5 Å². The van der Waals surface area contributed by atoms with Crippen LogP contribution < -0.4 is 24.3 Å². The number of benzene rings is 2. The second kappa shape index (κ2) is 7.67. The SMILES string of the molecule is C[C@H](NC(=O)COC(=O)[C@H]1COc2ccccc2O1)c1ccc2c(c1)OCO2. The number of nitrogens with one attached hydrogen (secondary N) is 1. The van der Waals surface area contributed by atoms with Crippen LogP contribution in [0.5, 0.6) is 23.0 Å². The molecule has 0 unspecified atom stereocenters. The fourth-order valence-corrected chi connectivity index (χ4v) is 2.91. The molecule has 0 radical (unpaired) electrons. The molecule has 2 aliphatic rings. The van der Waals surface area contributed by atoms with E-state index in [0.29, 0.717) is 23.0 Å². The van der Waals surface area contributed by atoms with Gasteiger partial charge in [0.1, 0.15) is 6.61 Å². The average Bonchev–Trinajstić information content (AvgIpc) is 3.19. The minimum Gasteiger partial charge on any atom is -0.485 e. The summed E-state index contributed by atoms with van der Waals surface area (Å²) in [5.74, 6) is 1.28. The molecule has 2 heterocycles. The van der Waals surface area contributed by atoms with Crippen LogP contribution in [0.3, 0.4) is 0 Å². The van der Waals surface area contributed by atoms with Crippen LogP contribution in [-0.2, 0) is 14.3 Å². The summed E-state index contributed by atoms with van der Waals surface area (Å²) in [6, 6.07) is 12.2. The van der Waals surface area contributed by atoms with Crippen LogP contribution in [0, 0.1) is 0 Å². The Hall–Kier alpha value is -3.42. The van der Waals surface area contributed by atoms with Crippen molar-refractivity contribution in [3.63, 3.8) is 0 Å². The number of rotatable bonds is 5. The van der Waals surface area contributed by atoms with Crippen LogP contribution in [0.15, 0.2) is 42.5 Å². The topological polar surface area (TPSA) is 92.3 Å². The van der Waals surface area contributed by atoms with Crippen molar-refractivity contribution in [3.8, 4) is 23.0 Å². The monoisotopic (exact) mass is 385 g/mol. The van der Waals surface area contributed by atoms with E-state index in [9.17, 15) is 9.59 Å². The molecule has 2 atom stereocenters. The molecule has 8 heteroatoms. The zero-order valence-corrected chi connectivity index (χ0v) is 15.2. The summed E-state index contributed by atoms with van der Waals surface area (Å²) in [6.45, 7) is 1.64. The van der Waals surface area contributed by atoms with Crippen molar-refractivity contribution in [2.75, 3.05) is 20.0 Å². The van der Waals surface area contributed by atoms with Gasteiger partial charge in [-0.1, -0.05) is 18.2 Å². The first-order chi connectivity index (χ1) is 13.6. The molecular formula is C20H19NO7. The lowest BCUT2D eigenvalue weighted by Crippen LogP contribution is -2.40. The first-order valence-corrected chi connectivity index (χ1v) is 8.84. The summed E-state index contributed by atoms with van der Waals surface area (Å²) in [6.07, 6.45) is -0.908. The number of ether oxygens (including phenoxy) is 5. The van der Waals surface area contributed by atoms with Crippen molar-refractivity contribution in [1.82, 2.24) is 5.32 Å². The standard InChI is InChI=1S/C20H19NO7/c1-12(13-6-7-15-17(8-13)27-11-26-15)21-19(22)10-25-20(23)18-9-24-14-4-2-3-5-16(14)28-18/h2-8,12,18H,9-11H2,1H3,(H,21,22)/t12-,18+/m0/s1. The third kappa shape index (κ3) is 3.80. The predicted octanol–water partition coefficient (Wildman–Crippen LogP) is 1.98. The Morgan fingerprint density at radius 2 is 1.82 bits per heavy atom. The Kier molecular flexibility index (Phi) is 4.92. The van der Waals surface area contributed by atoms with Gasteiger partial charge in [-0.2, -0.15) is 0 Å². The molecule has 0 saturated heterocycles. The molecule has 8 nitrogen and oxygen atoms in total. The second-order valence-electron chi connectivity index (χ2n) is 6.37. The molecule has 0 fully saturated rings. The smallest absolute Gasteiger partial charge is 0.351 e. The lowest BCUT2D eigenvalue weighted by atomic mass is 10.1. The Bertz CT molecular complexity index is 898. The molecule has 2 aromatic rings. The van der Waals surface area contributed by atoms with Gasteiger partial charge in [-0.3, -0.25) is 4.79 Å². The van der Waals surface area contributed by atoms with Crippen molar-refractivity contribution < 1.29 is 33.3 Å². The van der Waals surface area contributed by atoms with Crippen molar-refractivity contribution >= 4 is 11.9 Å². The summed E-state index contributed by atoms with van der Waals surface area (Å²) in [5, 5.41) is 2.78. The predicted molar refractivity (Wildman–Crippen MR) is 96.4 cm³/mol. The molecule has 2 aliphatic heterocycles. The number of para-hydroxylation sites is 2. The van der Waals surface area contributed by atoms with Gasteiger partial charge in [-0.15, -0.1) is 0 Å². The number of fused-ring (bicyclic) bond motifs is 2. The summed E-state index contributed by atoms with van der Waals surface area (Å²) >= 11 is 0. The molecule has 2 aromatic carbocycles. The molecular weight excluding hydrogens is 366 g/mol. The fourth-order valence-electron chi connectivity index (χ4n) is 2.91. The molecule has 0 aliphatic carbocycles. The van der Waals surface area contributed by atoms with Crippen LogP contribution in [0.25, 0.3) is 0 Å². The molecule has 0 aromatic heterocycles. The summed E-state index contributed by atoms with van der Waals surface area (Å²) in [4.78, 5) is 24.3. The Balaban J connectivity index is 1.27. The second-order valence-corrected chi connectivity index (χ2v) is 6.37. The van der Waals surface area contributed by atoms with Crippen molar-refractivity contribution in [2.45, 2.75) is 19.1 Å². The van der Waals surface area contributed by atoms with Gasteiger partial charge in [-0.05, 0) is 36.8 Å². The molecule has 146 valence electrons. The van der Waals surface area contributed by atoms with E-state index in [4.69, 9.17) is 23.7 Å². The van der Waals surface area contributed by atoms with Gasteiger partial charge >= 0.3 is 5.97 Å². The molecule has 0 spiro atoms. The lowest BCUT2D eigenvalue weighted by Gasteiger charge is -2.24. The largest absolute Gasteiger partial charge is 0.485 e. The number of amides is 1. The number of hydrogen-bond donors (Lipinski definition) is 1. The van der Waals surface area contributed by atoms with E-state index >= 15 is 0 Å². The fraction of sp³-hybridized carbons (Fsp3) is 0.300. The first-order valence-electron chi connectivity index (χ1n) is 8.84. The van der Waals surface area contributed by atoms with E-state index in [1.165, 1.54) is 0 Å². The first kappa shape index (κ1) is 18.0. The maximum Gasteiger partial charge on any atom is 0.351 e. The molecule has 1 amide bonds. The molecule has 1 N–H and O–H groups in total. The quantitative estimate of drug-likeness (QED) is 0.787. The van der Waals surface area contributed by atoms with Gasteiger partial charge < -0.3 is 29.0 Å². The Morgan fingerprint density at radius 3 is 2.68 bits per heavy atom. The van der Waals surface area contributed by atoms with Gasteiger partial charge in [-0.25, -0.2) is 4.79 Å². The van der Waals surface area contributed by atoms with Gasteiger partial charge in [0.25, 0.3) is 5.91 Å². The van der Waals surface area contributed by atoms with Crippen molar-refractivity contribution in [1.29, 1.82) is 0 Å². The normalized spacial score (nSPS) is 17.5. The van der Waals surface area contributed by atoms with E-state index in [1.807, 2.05) is 25.1 Å². The number of carbonyl (C=O) groups is 2. The van der Waals surface area contributed by atoms with E-state index < -0.39 is 24.6 Å². The van der Waals surface area contributed by atoms with Gasteiger partial charge in [0.2, 0.25) is 12.9 Å². The van der Waals surface area contributed by atoms with Gasteiger partial charge in [0.05, 0.1) is 6.04 Å². The zero-order valence-electron chi connectivity index (χ0n) is 15.2. The number of hydrogen-bond acceptors (Lipinski definition) is 7. The van der Waals surface area contributed by atoms with Gasteiger partial charge in [0.15, 0.2) is 29.6 Å².